The summed E-state index contributed by atoms with van der Waals surface area (Å²) in [6.07, 6.45) is 2.43. The van der Waals surface area contributed by atoms with Crippen molar-refractivity contribution in [3.8, 4) is 0 Å². The second-order valence-corrected chi connectivity index (χ2v) is 4.88. The van der Waals surface area contributed by atoms with E-state index in [2.05, 4.69) is 9.97 Å². The van der Waals surface area contributed by atoms with Crippen molar-refractivity contribution in [2.24, 2.45) is 5.73 Å². The van der Waals surface area contributed by atoms with Crippen molar-refractivity contribution in [1.29, 1.82) is 0 Å². The van der Waals surface area contributed by atoms with Crippen LogP contribution in [0.2, 0.25) is 10.3 Å². The minimum Gasteiger partial charge on any atom is -0.443 e. The second-order valence-electron chi connectivity index (χ2n) is 4.15. The quantitative estimate of drug-likeness (QED) is 0.828. The Morgan fingerprint density at radius 3 is 2.39 bits per heavy atom. The van der Waals surface area contributed by atoms with E-state index in [1.165, 1.54) is 0 Å². The molecule has 2 rings (SSSR count). The van der Waals surface area contributed by atoms with Crippen LogP contribution < -0.4 is 5.73 Å². The Hall–Kier alpha value is -1.27. The highest BCUT2D eigenvalue weighted by atomic mass is 35.5. The number of halogens is 2. The highest BCUT2D eigenvalue weighted by molar-refractivity contribution is 6.40. The zero-order valence-corrected chi connectivity index (χ0v) is 10.8. The number of nitrogens with zero attached hydrogens (tertiary/aromatic N) is 1. The van der Waals surface area contributed by atoms with Gasteiger partial charge < -0.3 is 15.5 Å². The summed E-state index contributed by atoms with van der Waals surface area (Å²) < 4.78 is 5.19. The number of esters is 1. The standard InChI is InChI=1S/C10H11Cl2N3O3/c11-5-6(12)15-7(14-5)8(16)18-10(9(13)17)3-1-2-4-10/h1-4H2,(H2,13,17)(H,14,15). The number of carbonyl (C=O) groups excluding carboxylic acids is 2. The molecule has 0 atom stereocenters. The van der Waals surface area contributed by atoms with E-state index in [0.717, 1.165) is 12.8 Å². The number of H-pyrrole nitrogens is 1. The number of ether oxygens (including phenoxy) is 1. The van der Waals surface area contributed by atoms with Gasteiger partial charge in [-0.15, -0.1) is 0 Å². The fourth-order valence-electron chi connectivity index (χ4n) is 2.00. The van der Waals surface area contributed by atoms with E-state index >= 15 is 0 Å². The molecule has 1 aromatic rings. The molecule has 1 aromatic heterocycles. The van der Waals surface area contributed by atoms with Crippen molar-refractivity contribution in [3.05, 3.63) is 16.1 Å². The van der Waals surface area contributed by atoms with Gasteiger partial charge in [-0.1, -0.05) is 23.2 Å². The van der Waals surface area contributed by atoms with Crippen molar-refractivity contribution in [2.75, 3.05) is 0 Å². The number of carbonyl (C=O) groups is 2. The van der Waals surface area contributed by atoms with Crippen LogP contribution in [0, 0.1) is 0 Å². The molecular weight excluding hydrogens is 281 g/mol. The summed E-state index contributed by atoms with van der Waals surface area (Å²) in [7, 11) is 0. The first-order valence-corrected chi connectivity index (χ1v) is 6.14. The van der Waals surface area contributed by atoms with Gasteiger partial charge in [-0.3, -0.25) is 4.79 Å². The highest BCUT2D eigenvalue weighted by Gasteiger charge is 2.44. The van der Waals surface area contributed by atoms with Crippen molar-refractivity contribution >= 4 is 35.1 Å². The van der Waals surface area contributed by atoms with E-state index in [4.69, 9.17) is 33.7 Å². The molecule has 1 aliphatic rings. The fraction of sp³-hybridized carbons (Fsp3) is 0.500. The maximum absolute atomic E-state index is 11.8. The Labute approximate surface area is 113 Å². The SMILES string of the molecule is NC(=O)C1(OC(=O)c2nc(Cl)c(Cl)[nH]2)CCCC1. The van der Waals surface area contributed by atoms with Crippen LogP contribution in [0.1, 0.15) is 36.3 Å². The van der Waals surface area contributed by atoms with E-state index in [1.54, 1.807) is 0 Å². The number of primary amides is 1. The van der Waals surface area contributed by atoms with E-state index < -0.39 is 17.5 Å². The predicted molar refractivity (Wildman–Crippen MR) is 64.4 cm³/mol. The molecule has 0 unspecified atom stereocenters. The highest BCUT2D eigenvalue weighted by Crippen LogP contribution is 2.33. The topological polar surface area (TPSA) is 98.1 Å². The van der Waals surface area contributed by atoms with Crippen molar-refractivity contribution < 1.29 is 14.3 Å². The third kappa shape index (κ3) is 2.30. The van der Waals surface area contributed by atoms with E-state index in [1.807, 2.05) is 0 Å². The first kappa shape index (κ1) is 13.2. The van der Waals surface area contributed by atoms with Crippen LogP contribution >= 0.6 is 23.2 Å². The Kier molecular flexibility index (Phi) is 3.49. The van der Waals surface area contributed by atoms with E-state index in [9.17, 15) is 9.59 Å². The molecule has 8 heteroatoms. The molecule has 98 valence electrons. The number of aromatic amines is 1. The number of nitrogens with two attached hydrogens (primary N) is 1. The molecule has 1 fully saturated rings. The number of aromatic nitrogens is 2. The smallest absolute Gasteiger partial charge is 0.375 e. The molecule has 6 nitrogen and oxygen atoms in total. The molecule has 1 aliphatic carbocycles. The maximum Gasteiger partial charge on any atom is 0.375 e. The Morgan fingerprint density at radius 1 is 1.33 bits per heavy atom. The summed E-state index contributed by atoms with van der Waals surface area (Å²) in [5.74, 6) is -1.57. The number of hydrogen-bond acceptors (Lipinski definition) is 4. The second kappa shape index (κ2) is 4.78. The van der Waals surface area contributed by atoms with Crippen LogP contribution in [-0.2, 0) is 9.53 Å². The molecule has 0 radical (unpaired) electrons. The third-order valence-electron chi connectivity index (χ3n) is 2.96. The molecule has 0 aromatic carbocycles. The number of imidazole rings is 1. The van der Waals surface area contributed by atoms with Crippen LogP contribution in [0.5, 0.6) is 0 Å². The zero-order chi connectivity index (χ0) is 13.3. The number of hydrogen-bond donors (Lipinski definition) is 2. The molecule has 1 amide bonds. The average molecular weight is 292 g/mol. The largest absolute Gasteiger partial charge is 0.443 e. The Bertz CT molecular complexity index is 475. The van der Waals surface area contributed by atoms with Crippen molar-refractivity contribution in [1.82, 2.24) is 9.97 Å². The monoisotopic (exact) mass is 291 g/mol. The lowest BCUT2D eigenvalue weighted by molar-refractivity contribution is -0.136. The maximum atomic E-state index is 11.8. The molecule has 0 saturated heterocycles. The normalized spacial score (nSPS) is 17.7. The fourth-order valence-corrected chi connectivity index (χ4v) is 2.26. The van der Waals surface area contributed by atoms with E-state index in [-0.39, 0.29) is 16.1 Å². The number of nitrogens with one attached hydrogen (secondary N) is 1. The molecule has 0 spiro atoms. The molecule has 0 aliphatic heterocycles. The van der Waals surface area contributed by atoms with Gasteiger partial charge in [-0.2, -0.15) is 0 Å². The van der Waals surface area contributed by atoms with Crippen LogP contribution in [0.4, 0.5) is 0 Å². The van der Waals surface area contributed by atoms with Gasteiger partial charge in [0.25, 0.3) is 5.91 Å². The molecule has 18 heavy (non-hydrogen) atoms. The summed E-state index contributed by atoms with van der Waals surface area (Å²) in [6.45, 7) is 0. The van der Waals surface area contributed by atoms with Crippen LogP contribution in [0.15, 0.2) is 0 Å². The molecule has 0 bridgehead atoms. The van der Waals surface area contributed by atoms with Gasteiger partial charge in [0.15, 0.2) is 10.8 Å². The summed E-state index contributed by atoms with van der Waals surface area (Å²) in [6, 6.07) is 0. The van der Waals surface area contributed by atoms with Crippen LogP contribution in [0.25, 0.3) is 0 Å². The zero-order valence-electron chi connectivity index (χ0n) is 9.33. The first-order valence-electron chi connectivity index (χ1n) is 5.39. The van der Waals surface area contributed by atoms with Gasteiger partial charge in [0.05, 0.1) is 0 Å². The van der Waals surface area contributed by atoms with Gasteiger partial charge in [0.1, 0.15) is 5.15 Å². The van der Waals surface area contributed by atoms with Gasteiger partial charge in [0.2, 0.25) is 5.82 Å². The molecule has 1 saturated carbocycles. The Morgan fingerprint density at radius 2 is 1.94 bits per heavy atom. The lowest BCUT2D eigenvalue weighted by atomic mass is 10.0. The summed E-state index contributed by atoms with van der Waals surface area (Å²) in [5.41, 5.74) is 4.06. The summed E-state index contributed by atoms with van der Waals surface area (Å²) >= 11 is 11.3. The lowest BCUT2D eigenvalue weighted by Crippen LogP contribution is -2.45. The first-order chi connectivity index (χ1) is 8.44. The average Bonchev–Trinajstić information content (AvgIpc) is 2.88. The van der Waals surface area contributed by atoms with Crippen LogP contribution in [0.3, 0.4) is 0 Å². The van der Waals surface area contributed by atoms with Gasteiger partial charge in [0, 0.05) is 0 Å². The minimum absolute atomic E-state index is 0.0248. The third-order valence-corrected chi connectivity index (χ3v) is 3.60. The van der Waals surface area contributed by atoms with Crippen molar-refractivity contribution in [2.45, 2.75) is 31.3 Å². The van der Waals surface area contributed by atoms with Gasteiger partial charge in [-0.05, 0) is 25.7 Å². The molecule has 3 N–H and O–H groups in total. The van der Waals surface area contributed by atoms with Gasteiger partial charge in [-0.25, -0.2) is 9.78 Å². The predicted octanol–water partition coefficient (Wildman–Crippen LogP) is 1.67. The van der Waals surface area contributed by atoms with Crippen LogP contribution in [-0.4, -0.2) is 27.4 Å². The number of amides is 1. The van der Waals surface area contributed by atoms with E-state index in [0.29, 0.717) is 12.8 Å². The summed E-state index contributed by atoms with van der Waals surface area (Å²) in [5, 5.41) is 0.0197. The molecular formula is C10H11Cl2N3O3. The minimum atomic E-state index is -1.23. The summed E-state index contributed by atoms with van der Waals surface area (Å²) in [4.78, 5) is 29.4. The van der Waals surface area contributed by atoms with Crippen molar-refractivity contribution in [3.63, 3.8) is 0 Å². The Balaban J connectivity index is 2.17. The molecule has 1 heterocycles. The number of rotatable bonds is 3. The lowest BCUT2D eigenvalue weighted by Gasteiger charge is -2.24. The van der Waals surface area contributed by atoms with Gasteiger partial charge >= 0.3 is 5.97 Å².